The van der Waals surface area contributed by atoms with Crippen molar-refractivity contribution >= 4 is 33.7 Å². The number of nitrogens with one attached hydrogen (secondary N) is 2. The molecule has 24 heavy (non-hydrogen) atoms. The molecule has 0 bridgehead atoms. The number of rotatable bonds is 6. The lowest BCUT2D eigenvalue weighted by molar-refractivity contribution is -0.147. The standard InChI is InChI=1S/C17H21BrN2O4/c18-13-8-6-12(7-9-13)17(23)19-10-16(22)24-11-15(21)20-14-4-2-1-3-5-14/h6-9,14H,1-5,10-11H2,(H,19,23)(H,20,21). The van der Waals surface area contributed by atoms with Crippen LogP contribution in [0.5, 0.6) is 0 Å². The summed E-state index contributed by atoms with van der Waals surface area (Å²) in [6.45, 7) is -0.588. The van der Waals surface area contributed by atoms with E-state index in [-0.39, 0.29) is 31.0 Å². The zero-order chi connectivity index (χ0) is 17.4. The van der Waals surface area contributed by atoms with Gasteiger partial charge in [-0.15, -0.1) is 0 Å². The van der Waals surface area contributed by atoms with Crippen molar-refractivity contribution in [2.24, 2.45) is 0 Å². The Morgan fingerprint density at radius 1 is 1.08 bits per heavy atom. The van der Waals surface area contributed by atoms with Crippen molar-refractivity contribution in [3.8, 4) is 0 Å². The topological polar surface area (TPSA) is 84.5 Å². The SMILES string of the molecule is O=C(COC(=O)CNC(=O)c1ccc(Br)cc1)NC1CCCCC1. The van der Waals surface area contributed by atoms with Gasteiger partial charge >= 0.3 is 5.97 Å². The predicted octanol–water partition coefficient (Wildman–Crippen LogP) is 2.17. The van der Waals surface area contributed by atoms with E-state index < -0.39 is 5.97 Å². The molecule has 0 saturated heterocycles. The van der Waals surface area contributed by atoms with Gasteiger partial charge in [0.25, 0.3) is 11.8 Å². The van der Waals surface area contributed by atoms with Crippen LogP contribution < -0.4 is 10.6 Å². The number of carbonyl (C=O) groups excluding carboxylic acids is 3. The zero-order valence-electron chi connectivity index (χ0n) is 13.3. The molecule has 0 heterocycles. The summed E-state index contributed by atoms with van der Waals surface area (Å²) in [6, 6.07) is 6.94. The van der Waals surface area contributed by atoms with Crippen molar-refractivity contribution in [3.05, 3.63) is 34.3 Å². The maximum absolute atomic E-state index is 11.8. The highest BCUT2D eigenvalue weighted by atomic mass is 79.9. The fraction of sp³-hybridized carbons (Fsp3) is 0.471. The average Bonchev–Trinajstić information content (AvgIpc) is 2.59. The van der Waals surface area contributed by atoms with Gasteiger partial charge in [0.15, 0.2) is 6.61 Å². The van der Waals surface area contributed by atoms with Gasteiger partial charge in [0.1, 0.15) is 6.54 Å². The Morgan fingerprint density at radius 2 is 1.75 bits per heavy atom. The zero-order valence-corrected chi connectivity index (χ0v) is 14.9. The Balaban J connectivity index is 1.64. The minimum atomic E-state index is -0.640. The molecule has 0 unspecified atom stereocenters. The quantitative estimate of drug-likeness (QED) is 0.721. The average molecular weight is 397 g/mol. The molecule has 1 fully saturated rings. The van der Waals surface area contributed by atoms with Crippen molar-refractivity contribution in [2.45, 2.75) is 38.1 Å². The maximum Gasteiger partial charge on any atom is 0.325 e. The highest BCUT2D eigenvalue weighted by Crippen LogP contribution is 2.17. The Kier molecular flexibility index (Phi) is 7.24. The molecular weight excluding hydrogens is 376 g/mol. The molecule has 130 valence electrons. The number of amides is 2. The molecule has 1 saturated carbocycles. The third-order valence-electron chi connectivity index (χ3n) is 3.83. The molecule has 0 aromatic heterocycles. The van der Waals surface area contributed by atoms with E-state index in [9.17, 15) is 14.4 Å². The van der Waals surface area contributed by atoms with Gasteiger partial charge in [-0.25, -0.2) is 0 Å². The van der Waals surface area contributed by atoms with Gasteiger partial charge in [-0.3, -0.25) is 14.4 Å². The minimum Gasteiger partial charge on any atom is -0.454 e. The van der Waals surface area contributed by atoms with E-state index in [4.69, 9.17) is 4.74 Å². The molecule has 1 aromatic carbocycles. The minimum absolute atomic E-state index is 0.182. The van der Waals surface area contributed by atoms with Crippen LogP contribution in [0.25, 0.3) is 0 Å². The first-order valence-corrected chi connectivity index (χ1v) is 8.82. The summed E-state index contributed by atoms with van der Waals surface area (Å²) < 4.78 is 5.74. The molecule has 2 N–H and O–H groups in total. The molecule has 2 amide bonds. The first kappa shape index (κ1) is 18.4. The molecule has 1 aromatic rings. The second kappa shape index (κ2) is 9.42. The van der Waals surface area contributed by atoms with Crippen LogP contribution in [0.15, 0.2) is 28.7 Å². The number of esters is 1. The Bertz CT molecular complexity index is 583. The number of carbonyl (C=O) groups is 3. The van der Waals surface area contributed by atoms with Crippen LogP contribution in [0.1, 0.15) is 42.5 Å². The molecule has 0 aliphatic heterocycles. The van der Waals surface area contributed by atoms with E-state index in [0.717, 1.165) is 30.2 Å². The lowest BCUT2D eigenvalue weighted by atomic mass is 9.95. The van der Waals surface area contributed by atoms with Crippen LogP contribution in [0, 0.1) is 0 Å². The molecule has 1 aliphatic rings. The van der Waals surface area contributed by atoms with Gasteiger partial charge in [0.2, 0.25) is 0 Å². The van der Waals surface area contributed by atoms with Gasteiger partial charge in [-0.2, -0.15) is 0 Å². The van der Waals surface area contributed by atoms with E-state index in [1.807, 2.05) is 0 Å². The van der Waals surface area contributed by atoms with Crippen LogP contribution in [0.3, 0.4) is 0 Å². The summed E-state index contributed by atoms with van der Waals surface area (Å²) >= 11 is 3.28. The van der Waals surface area contributed by atoms with Crippen molar-refractivity contribution in [1.29, 1.82) is 0 Å². The second-order valence-corrected chi connectivity index (χ2v) is 6.67. The van der Waals surface area contributed by atoms with E-state index >= 15 is 0 Å². The normalized spacial score (nSPS) is 14.7. The summed E-state index contributed by atoms with van der Waals surface area (Å²) in [5.41, 5.74) is 0.445. The van der Waals surface area contributed by atoms with E-state index in [2.05, 4.69) is 26.6 Å². The highest BCUT2D eigenvalue weighted by Gasteiger charge is 2.16. The van der Waals surface area contributed by atoms with Crippen molar-refractivity contribution in [2.75, 3.05) is 13.2 Å². The predicted molar refractivity (Wildman–Crippen MR) is 92.4 cm³/mol. The van der Waals surface area contributed by atoms with Gasteiger partial charge in [-0.05, 0) is 37.1 Å². The van der Waals surface area contributed by atoms with Crippen LogP contribution >= 0.6 is 15.9 Å². The van der Waals surface area contributed by atoms with Gasteiger partial charge in [-0.1, -0.05) is 35.2 Å². The second-order valence-electron chi connectivity index (χ2n) is 5.75. The molecule has 0 radical (unpaired) electrons. The summed E-state index contributed by atoms with van der Waals surface area (Å²) in [6.07, 6.45) is 5.39. The van der Waals surface area contributed by atoms with Crippen LogP contribution in [-0.4, -0.2) is 37.0 Å². The lowest BCUT2D eigenvalue weighted by Crippen LogP contribution is -2.39. The number of benzene rings is 1. The van der Waals surface area contributed by atoms with Crippen LogP contribution in [-0.2, 0) is 14.3 Å². The summed E-state index contributed by atoms with van der Waals surface area (Å²) in [7, 11) is 0. The summed E-state index contributed by atoms with van der Waals surface area (Å²) in [4.78, 5) is 35.2. The fourth-order valence-electron chi connectivity index (χ4n) is 2.57. The van der Waals surface area contributed by atoms with Crippen LogP contribution in [0.2, 0.25) is 0 Å². The third-order valence-corrected chi connectivity index (χ3v) is 4.36. The third kappa shape index (κ3) is 6.31. The smallest absolute Gasteiger partial charge is 0.325 e. The number of hydrogen-bond acceptors (Lipinski definition) is 4. The largest absolute Gasteiger partial charge is 0.454 e. The first-order chi connectivity index (χ1) is 11.5. The number of halogens is 1. The highest BCUT2D eigenvalue weighted by molar-refractivity contribution is 9.10. The number of hydrogen-bond donors (Lipinski definition) is 2. The van der Waals surface area contributed by atoms with Gasteiger partial charge in [0.05, 0.1) is 0 Å². The van der Waals surface area contributed by atoms with Crippen molar-refractivity contribution in [1.82, 2.24) is 10.6 Å². The maximum atomic E-state index is 11.8. The molecule has 6 nitrogen and oxygen atoms in total. The van der Waals surface area contributed by atoms with Crippen LogP contribution in [0.4, 0.5) is 0 Å². The molecule has 2 rings (SSSR count). The molecule has 0 spiro atoms. The van der Waals surface area contributed by atoms with E-state index in [1.165, 1.54) is 6.42 Å². The van der Waals surface area contributed by atoms with Crippen molar-refractivity contribution in [3.63, 3.8) is 0 Å². The summed E-state index contributed by atoms with van der Waals surface area (Å²) in [5, 5.41) is 5.33. The molecule has 1 aliphatic carbocycles. The number of ether oxygens (including phenoxy) is 1. The van der Waals surface area contributed by atoms with Crippen molar-refractivity contribution < 1.29 is 19.1 Å². The monoisotopic (exact) mass is 396 g/mol. The Morgan fingerprint density at radius 3 is 2.42 bits per heavy atom. The molecular formula is C17H21BrN2O4. The first-order valence-electron chi connectivity index (χ1n) is 8.03. The Labute approximate surface area is 149 Å². The fourth-order valence-corrected chi connectivity index (χ4v) is 2.83. The lowest BCUT2D eigenvalue weighted by Gasteiger charge is -2.22. The van der Waals surface area contributed by atoms with E-state index in [1.54, 1.807) is 24.3 Å². The molecule has 7 heteroatoms. The van der Waals surface area contributed by atoms with E-state index in [0.29, 0.717) is 5.56 Å². The Hall–Kier alpha value is -1.89. The van der Waals surface area contributed by atoms with Gasteiger partial charge in [0, 0.05) is 16.1 Å². The molecule has 0 atom stereocenters. The summed E-state index contributed by atoms with van der Waals surface area (Å²) in [5.74, 6) is -1.31. The van der Waals surface area contributed by atoms with Gasteiger partial charge < -0.3 is 15.4 Å².